The van der Waals surface area contributed by atoms with Crippen LogP contribution in [0.25, 0.3) is 0 Å². The predicted molar refractivity (Wildman–Crippen MR) is 112 cm³/mol. The molecule has 1 aliphatic rings. The van der Waals surface area contributed by atoms with Gasteiger partial charge in [-0.2, -0.15) is 5.10 Å². The van der Waals surface area contributed by atoms with Gasteiger partial charge >= 0.3 is 0 Å². The van der Waals surface area contributed by atoms with E-state index in [1.807, 2.05) is 49.4 Å². The Bertz CT molecular complexity index is 872. The SMILES string of the molecule is CCOc1cc(C=NN=C2NC(=O)CS2)c(Br)cc1OCc1ccccc1. The lowest BCUT2D eigenvalue weighted by Crippen LogP contribution is -2.19. The number of nitrogens with zero attached hydrogens (tertiary/aromatic N) is 2. The van der Waals surface area contributed by atoms with Gasteiger partial charge in [-0.1, -0.05) is 42.1 Å². The van der Waals surface area contributed by atoms with Crippen molar-refractivity contribution in [1.82, 2.24) is 5.32 Å². The number of rotatable bonds is 7. The minimum absolute atomic E-state index is 0.0614. The summed E-state index contributed by atoms with van der Waals surface area (Å²) in [6.07, 6.45) is 1.60. The molecule has 1 fully saturated rings. The lowest BCUT2D eigenvalue weighted by Gasteiger charge is -2.14. The number of benzene rings is 2. The molecule has 0 spiro atoms. The molecule has 0 aliphatic carbocycles. The molecule has 1 amide bonds. The highest BCUT2D eigenvalue weighted by molar-refractivity contribution is 9.10. The number of thioether (sulfide) groups is 1. The van der Waals surface area contributed by atoms with E-state index in [9.17, 15) is 4.79 Å². The third-order valence-electron chi connectivity index (χ3n) is 3.53. The topological polar surface area (TPSA) is 72.3 Å². The van der Waals surface area contributed by atoms with Crippen LogP contribution < -0.4 is 14.8 Å². The van der Waals surface area contributed by atoms with Crippen molar-refractivity contribution in [2.24, 2.45) is 10.2 Å². The van der Waals surface area contributed by atoms with Gasteiger partial charge in [0.1, 0.15) is 6.61 Å². The Labute approximate surface area is 170 Å². The zero-order valence-electron chi connectivity index (χ0n) is 14.6. The van der Waals surface area contributed by atoms with Crippen molar-refractivity contribution < 1.29 is 14.3 Å². The maximum atomic E-state index is 11.2. The van der Waals surface area contributed by atoms with Gasteiger partial charge in [0.15, 0.2) is 16.7 Å². The molecular weight excluding hydrogens is 430 g/mol. The second kappa shape index (κ2) is 9.57. The standard InChI is InChI=1S/C19H18BrN3O3S/c1-2-25-16-8-14(10-21-23-19-22-18(24)12-27-19)15(20)9-17(16)26-11-13-6-4-3-5-7-13/h3-10H,2,11-12H2,1H3,(H,22,23,24). The number of ether oxygens (including phenoxy) is 2. The number of amides is 1. The van der Waals surface area contributed by atoms with E-state index in [4.69, 9.17) is 9.47 Å². The molecule has 27 heavy (non-hydrogen) atoms. The van der Waals surface area contributed by atoms with Crippen molar-refractivity contribution in [3.63, 3.8) is 0 Å². The Morgan fingerprint density at radius 3 is 2.70 bits per heavy atom. The monoisotopic (exact) mass is 447 g/mol. The molecule has 0 radical (unpaired) electrons. The second-order valence-electron chi connectivity index (χ2n) is 5.51. The van der Waals surface area contributed by atoms with Gasteiger partial charge in [-0.05, 0) is 40.5 Å². The second-order valence-corrected chi connectivity index (χ2v) is 7.33. The zero-order chi connectivity index (χ0) is 19.1. The number of carbonyl (C=O) groups excluding carboxylic acids is 1. The molecule has 0 saturated carbocycles. The molecule has 0 atom stereocenters. The summed E-state index contributed by atoms with van der Waals surface area (Å²) in [6, 6.07) is 13.6. The summed E-state index contributed by atoms with van der Waals surface area (Å²) in [5.41, 5.74) is 1.87. The van der Waals surface area contributed by atoms with Gasteiger partial charge in [0.25, 0.3) is 0 Å². The van der Waals surface area contributed by atoms with E-state index in [1.165, 1.54) is 11.8 Å². The highest BCUT2D eigenvalue weighted by Crippen LogP contribution is 2.34. The Balaban J connectivity index is 1.75. The van der Waals surface area contributed by atoms with Gasteiger partial charge in [0, 0.05) is 10.0 Å². The predicted octanol–water partition coefficient (Wildman–Crippen LogP) is 3.98. The van der Waals surface area contributed by atoms with E-state index in [-0.39, 0.29) is 5.91 Å². The Morgan fingerprint density at radius 1 is 1.22 bits per heavy atom. The fourth-order valence-corrected chi connectivity index (χ4v) is 3.34. The first-order valence-corrected chi connectivity index (χ1v) is 10.1. The lowest BCUT2D eigenvalue weighted by atomic mass is 10.2. The van der Waals surface area contributed by atoms with Crippen molar-refractivity contribution in [3.8, 4) is 11.5 Å². The molecule has 2 aromatic rings. The molecule has 0 bridgehead atoms. The van der Waals surface area contributed by atoms with Gasteiger partial charge in [0.2, 0.25) is 5.91 Å². The fourth-order valence-electron chi connectivity index (χ4n) is 2.29. The van der Waals surface area contributed by atoms with E-state index >= 15 is 0 Å². The molecule has 0 unspecified atom stereocenters. The summed E-state index contributed by atoms with van der Waals surface area (Å²) in [5.74, 6) is 1.59. The van der Waals surface area contributed by atoms with E-state index in [0.29, 0.717) is 35.6 Å². The summed E-state index contributed by atoms with van der Waals surface area (Å²) in [4.78, 5) is 11.2. The Kier molecular flexibility index (Phi) is 6.89. The molecule has 8 heteroatoms. The summed E-state index contributed by atoms with van der Waals surface area (Å²) >= 11 is 4.86. The maximum Gasteiger partial charge on any atom is 0.236 e. The molecule has 1 saturated heterocycles. The van der Waals surface area contributed by atoms with Gasteiger partial charge in [-0.25, -0.2) is 0 Å². The van der Waals surface area contributed by atoms with Gasteiger partial charge < -0.3 is 14.8 Å². The Morgan fingerprint density at radius 2 is 2.00 bits per heavy atom. The van der Waals surface area contributed by atoms with Crippen LogP contribution in [0.4, 0.5) is 0 Å². The molecule has 6 nitrogen and oxygen atoms in total. The van der Waals surface area contributed by atoms with Crippen LogP contribution in [0.2, 0.25) is 0 Å². The van der Waals surface area contributed by atoms with Crippen molar-refractivity contribution in [1.29, 1.82) is 0 Å². The first kappa shape index (κ1) is 19.4. The molecule has 0 aromatic heterocycles. The van der Waals surface area contributed by atoms with Crippen molar-refractivity contribution in [3.05, 3.63) is 58.1 Å². The van der Waals surface area contributed by atoms with E-state index in [0.717, 1.165) is 15.6 Å². The van der Waals surface area contributed by atoms with E-state index in [1.54, 1.807) is 6.21 Å². The quantitative estimate of drug-likeness (QED) is 0.514. The maximum absolute atomic E-state index is 11.2. The van der Waals surface area contributed by atoms with E-state index in [2.05, 4.69) is 31.4 Å². The smallest absolute Gasteiger partial charge is 0.236 e. The highest BCUT2D eigenvalue weighted by Gasteiger charge is 2.16. The van der Waals surface area contributed by atoms with Crippen molar-refractivity contribution in [2.45, 2.75) is 13.5 Å². The van der Waals surface area contributed by atoms with Crippen LogP contribution in [-0.4, -0.2) is 29.6 Å². The van der Waals surface area contributed by atoms with E-state index < -0.39 is 0 Å². The highest BCUT2D eigenvalue weighted by atomic mass is 79.9. The van der Waals surface area contributed by atoms with Gasteiger partial charge in [-0.3, -0.25) is 4.79 Å². The fraction of sp³-hybridized carbons (Fsp3) is 0.211. The third kappa shape index (κ3) is 5.58. The zero-order valence-corrected chi connectivity index (χ0v) is 17.0. The largest absolute Gasteiger partial charge is 0.490 e. The summed E-state index contributed by atoms with van der Waals surface area (Å²) in [7, 11) is 0. The minimum Gasteiger partial charge on any atom is -0.490 e. The van der Waals surface area contributed by atoms with Crippen LogP contribution in [0.3, 0.4) is 0 Å². The third-order valence-corrected chi connectivity index (χ3v) is 5.08. The van der Waals surface area contributed by atoms with Crippen LogP contribution in [0, 0.1) is 0 Å². The minimum atomic E-state index is -0.0614. The van der Waals surface area contributed by atoms with Crippen LogP contribution in [0.1, 0.15) is 18.1 Å². The normalized spacial score (nSPS) is 15.3. The molecule has 2 aromatic carbocycles. The number of carbonyl (C=O) groups is 1. The first-order chi connectivity index (χ1) is 13.2. The van der Waals surface area contributed by atoms with Crippen LogP contribution >= 0.6 is 27.7 Å². The molecule has 3 rings (SSSR count). The number of amidine groups is 1. The number of nitrogens with one attached hydrogen (secondary N) is 1. The lowest BCUT2D eigenvalue weighted by molar-refractivity contribution is -0.116. The molecule has 1 aliphatic heterocycles. The summed E-state index contributed by atoms with van der Waals surface area (Å²) < 4.78 is 12.4. The molecule has 140 valence electrons. The Hall–Kier alpha value is -2.32. The molecule has 1 heterocycles. The number of halogens is 1. The molecule has 1 N–H and O–H groups in total. The van der Waals surface area contributed by atoms with Crippen molar-refractivity contribution in [2.75, 3.05) is 12.4 Å². The van der Waals surface area contributed by atoms with Crippen molar-refractivity contribution >= 4 is 45.0 Å². The average molecular weight is 448 g/mol. The van der Waals surface area contributed by atoms with Crippen LogP contribution in [0.5, 0.6) is 11.5 Å². The number of hydrogen-bond acceptors (Lipinski definition) is 6. The van der Waals surface area contributed by atoms with Gasteiger partial charge in [0.05, 0.1) is 18.6 Å². The average Bonchev–Trinajstić information content (AvgIpc) is 3.09. The summed E-state index contributed by atoms with van der Waals surface area (Å²) in [5, 5.41) is 11.2. The molecular formula is C19H18BrN3O3S. The number of hydrogen-bond donors (Lipinski definition) is 1. The van der Waals surface area contributed by atoms with Crippen LogP contribution in [-0.2, 0) is 11.4 Å². The van der Waals surface area contributed by atoms with Crippen LogP contribution in [0.15, 0.2) is 57.1 Å². The van der Waals surface area contributed by atoms with Gasteiger partial charge in [-0.15, -0.1) is 5.10 Å². The first-order valence-electron chi connectivity index (χ1n) is 8.32. The summed E-state index contributed by atoms with van der Waals surface area (Å²) in [6.45, 7) is 2.89.